The third kappa shape index (κ3) is 3.21. The summed E-state index contributed by atoms with van der Waals surface area (Å²) in [4.78, 5) is 27.5. The van der Waals surface area contributed by atoms with E-state index in [0.717, 1.165) is 16.7 Å². The number of nitrogens with two attached hydrogens (primary N) is 1. The van der Waals surface area contributed by atoms with Gasteiger partial charge in [0.15, 0.2) is 0 Å². The fourth-order valence-corrected chi connectivity index (χ4v) is 5.12. The highest BCUT2D eigenvalue weighted by Gasteiger charge is 2.56. The number of thioether (sulfide) groups is 1. The molecule has 152 valence electrons. The Morgan fingerprint density at radius 1 is 1.13 bits per heavy atom. The third-order valence-electron chi connectivity index (χ3n) is 5.24. The highest BCUT2D eigenvalue weighted by atomic mass is 32.2. The van der Waals surface area contributed by atoms with Crippen LogP contribution in [-0.2, 0) is 9.59 Å². The van der Waals surface area contributed by atoms with Crippen molar-refractivity contribution in [1.82, 2.24) is 0 Å². The Labute approximate surface area is 177 Å². The topological polar surface area (TPSA) is 96.4 Å². The molecule has 0 aromatic heterocycles. The number of hydrogen-bond donors (Lipinski definition) is 1. The number of hydrogen-bond acceptors (Lipinski definition) is 6. The Morgan fingerprint density at radius 2 is 1.80 bits per heavy atom. The van der Waals surface area contributed by atoms with Gasteiger partial charge in [-0.05, 0) is 48.9 Å². The lowest BCUT2D eigenvalue weighted by molar-refractivity contribution is -0.122. The zero-order valence-electron chi connectivity index (χ0n) is 16.0. The largest absolute Gasteiger partial charge is 0.494 e. The third-order valence-corrected chi connectivity index (χ3v) is 6.46. The Kier molecular flexibility index (Phi) is 5.22. The van der Waals surface area contributed by atoms with Crippen molar-refractivity contribution in [2.45, 2.75) is 18.1 Å². The number of ether oxygens (including phenoxy) is 1. The Bertz CT molecular complexity index is 1080. The molecule has 6 nitrogen and oxygen atoms in total. The first-order valence-corrected chi connectivity index (χ1v) is 10.3. The smallest absolute Gasteiger partial charge is 0.248 e. The Balaban J connectivity index is 1.77. The van der Waals surface area contributed by atoms with Crippen LogP contribution in [0.3, 0.4) is 0 Å². The molecule has 2 aliphatic heterocycles. The van der Waals surface area contributed by atoms with Crippen molar-refractivity contribution in [2.75, 3.05) is 11.5 Å². The van der Waals surface area contributed by atoms with Gasteiger partial charge in [0.1, 0.15) is 16.8 Å². The van der Waals surface area contributed by atoms with Crippen molar-refractivity contribution >= 4 is 29.3 Å². The lowest BCUT2D eigenvalue weighted by atomic mass is 9.79. The van der Waals surface area contributed by atoms with Crippen molar-refractivity contribution in [1.29, 1.82) is 5.26 Å². The van der Waals surface area contributed by atoms with E-state index >= 15 is 0 Å². The van der Waals surface area contributed by atoms with Crippen LogP contribution in [0.15, 0.2) is 59.1 Å². The van der Waals surface area contributed by atoms with E-state index in [2.05, 4.69) is 6.07 Å². The van der Waals surface area contributed by atoms with Crippen LogP contribution in [-0.4, -0.2) is 23.7 Å². The SMILES string of the molecule is CCOc1ccc([C@@H]2C(C#N)=C(N)S[C@H]3C(=O)N(c4ccc(F)cc4)C(=O)[C@@H]32)cc1. The molecule has 8 heteroatoms. The number of nitriles is 1. The number of carbonyl (C=O) groups excluding carboxylic acids is 2. The maximum absolute atomic E-state index is 13.4. The maximum atomic E-state index is 13.4. The van der Waals surface area contributed by atoms with E-state index in [1.54, 1.807) is 24.3 Å². The first-order valence-electron chi connectivity index (χ1n) is 9.38. The molecule has 0 bridgehead atoms. The number of carbonyl (C=O) groups is 2. The molecule has 1 saturated heterocycles. The summed E-state index contributed by atoms with van der Waals surface area (Å²) in [6.45, 7) is 2.39. The molecule has 4 rings (SSSR count). The van der Waals surface area contributed by atoms with E-state index in [1.165, 1.54) is 24.3 Å². The van der Waals surface area contributed by atoms with Gasteiger partial charge in [-0.3, -0.25) is 9.59 Å². The highest BCUT2D eigenvalue weighted by molar-refractivity contribution is 8.04. The minimum absolute atomic E-state index is 0.236. The van der Waals surface area contributed by atoms with Crippen LogP contribution >= 0.6 is 11.8 Å². The lowest BCUT2D eigenvalue weighted by Crippen LogP contribution is -2.33. The van der Waals surface area contributed by atoms with Gasteiger partial charge < -0.3 is 10.5 Å². The number of amides is 2. The monoisotopic (exact) mass is 423 g/mol. The van der Waals surface area contributed by atoms with Crippen LogP contribution in [0.5, 0.6) is 5.75 Å². The van der Waals surface area contributed by atoms with Gasteiger partial charge in [0.25, 0.3) is 0 Å². The van der Waals surface area contributed by atoms with Crippen molar-refractivity contribution in [3.63, 3.8) is 0 Å². The highest BCUT2D eigenvalue weighted by Crippen LogP contribution is 2.50. The van der Waals surface area contributed by atoms with Crippen LogP contribution in [0, 0.1) is 23.1 Å². The van der Waals surface area contributed by atoms with Gasteiger partial charge in [-0.1, -0.05) is 23.9 Å². The number of anilines is 1. The van der Waals surface area contributed by atoms with E-state index in [9.17, 15) is 19.2 Å². The van der Waals surface area contributed by atoms with Crippen LogP contribution in [0.25, 0.3) is 0 Å². The first kappa shape index (κ1) is 20.0. The average Bonchev–Trinajstić information content (AvgIpc) is 2.98. The molecule has 0 unspecified atom stereocenters. The van der Waals surface area contributed by atoms with Crippen LogP contribution in [0.2, 0.25) is 0 Å². The molecule has 0 radical (unpaired) electrons. The summed E-state index contributed by atoms with van der Waals surface area (Å²) in [6, 6.07) is 14.4. The second kappa shape index (κ2) is 7.84. The van der Waals surface area contributed by atoms with Gasteiger partial charge >= 0.3 is 0 Å². The number of allylic oxidation sites excluding steroid dienone is 1. The molecule has 1 fully saturated rings. The molecule has 2 amide bonds. The van der Waals surface area contributed by atoms with Crippen molar-refractivity contribution < 1.29 is 18.7 Å². The maximum Gasteiger partial charge on any atom is 0.248 e. The number of nitrogens with zero attached hydrogens (tertiary/aromatic N) is 2. The van der Waals surface area contributed by atoms with E-state index in [-0.39, 0.29) is 10.6 Å². The quantitative estimate of drug-likeness (QED) is 0.758. The molecule has 2 N–H and O–H groups in total. The van der Waals surface area contributed by atoms with Gasteiger partial charge in [-0.2, -0.15) is 5.26 Å². The summed E-state index contributed by atoms with van der Waals surface area (Å²) in [5.41, 5.74) is 7.40. The Hall–Kier alpha value is -3.31. The van der Waals surface area contributed by atoms with E-state index in [0.29, 0.717) is 23.6 Å². The molecule has 2 aliphatic rings. The van der Waals surface area contributed by atoms with Gasteiger partial charge in [0.2, 0.25) is 11.8 Å². The summed E-state index contributed by atoms with van der Waals surface area (Å²) in [7, 11) is 0. The van der Waals surface area contributed by atoms with Crippen LogP contribution < -0.4 is 15.4 Å². The van der Waals surface area contributed by atoms with Crippen molar-refractivity contribution in [3.05, 3.63) is 70.5 Å². The lowest BCUT2D eigenvalue weighted by Gasteiger charge is -2.30. The summed E-state index contributed by atoms with van der Waals surface area (Å²) < 4.78 is 18.8. The molecule has 0 saturated carbocycles. The second-order valence-corrected chi connectivity index (χ2v) is 8.11. The van der Waals surface area contributed by atoms with E-state index in [4.69, 9.17) is 10.5 Å². The minimum Gasteiger partial charge on any atom is -0.494 e. The molecule has 2 aromatic carbocycles. The van der Waals surface area contributed by atoms with Gasteiger partial charge in [-0.15, -0.1) is 0 Å². The van der Waals surface area contributed by atoms with Gasteiger partial charge in [0.05, 0.1) is 34.9 Å². The molecule has 0 spiro atoms. The second-order valence-electron chi connectivity index (χ2n) is 6.92. The standard InChI is InChI=1S/C22H18FN3O3S/c1-2-29-15-9-3-12(4-10-15)17-16(11-24)20(25)30-19-18(17)21(27)26(22(19)28)14-7-5-13(23)6-8-14/h3-10,17-19H,2,25H2,1H3/t17-,18-,19-/m1/s1. The van der Waals surface area contributed by atoms with Crippen LogP contribution in [0.4, 0.5) is 10.1 Å². The van der Waals surface area contributed by atoms with Crippen LogP contribution in [0.1, 0.15) is 18.4 Å². The minimum atomic E-state index is -0.785. The molecule has 2 heterocycles. The van der Waals surface area contributed by atoms with E-state index in [1.807, 2.05) is 6.92 Å². The number of fused-ring (bicyclic) bond motifs is 1. The fourth-order valence-electron chi connectivity index (χ4n) is 3.92. The predicted octanol–water partition coefficient (Wildman–Crippen LogP) is 3.31. The molecule has 30 heavy (non-hydrogen) atoms. The molecular formula is C22H18FN3O3S. The number of halogens is 1. The summed E-state index contributed by atoms with van der Waals surface area (Å²) in [5, 5.41) is 9.22. The molecular weight excluding hydrogens is 405 g/mol. The average molecular weight is 423 g/mol. The van der Waals surface area contributed by atoms with E-state index < -0.39 is 34.7 Å². The van der Waals surface area contributed by atoms with Crippen molar-refractivity contribution in [3.8, 4) is 11.8 Å². The first-order chi connectivity index (χ1) is 14.5. The fraction of sp³-hybridized carbons (Fsp3) is 0.227. The molecule has 0 aliphatic carbocycles. The number of benzene rings is 2. The summed E-state index contributed by atoms with van der Waals surface area (Å²) >= 11 is 1.04. The number of imide groups is 1. The zero-order chi connectivity index (χ0) is 21.4. The summed E-state index contributed by atoms with van der Waals surface area (Å²) in [5.74, 6) is -2.08. The Morgan fingerprint density at radius 3 is 2.40 bits per heavy atom. The summed E-state index contributed by atoms with van der Waals surface area (Å²) in [6.07, 6.45) is 0. The molecule has 3 atom stereocenters. The molecule has 2 aromatic rings. The number of rotatable bonds is 4. The normalized spacial score (nSPS) is 23.4. The van der Waals surface area contributed by atoms with Crippen molar-refractivity contribution in [2.24, 2.45) is 11.7 Å². The zero-order valence-corrected chi connectivity index (χ0v) is 16.9. The predicted molar refractivity (Wildman–Crippen MR) is 111 cm³/mol. The van der Waals surface area contributed by atoms with Gasteiger partial charge in [-0.25, -0.2) is 9.29 Å². The van der Waals surface area contributed by atoms with Gasteiger partial charge in [0, 0.05) is 5.92 Å².